The van der Waals surface area contributed by atoms with Crippen LogP contribution in [0.5, 0.6) is 5.75 Å². The second-order valence-electron chi connectivity index (χ2n) is 8.33. The van der Waals surface area contributed by atoms with E-state index in [2.05, 4.69) is 15.7 Å². The number of hydroxylamine groups is 1. The molecule has 0 unspecified atom stereocenters. The van der Waals surface area contributed by atoms with Crippen LogP contribution in [0.3, 0.4) is 0 Å². The highest BCUT2D eigenvalue weighted by atomic mass is 32.2. The van der Waals surface area contributed by atoms with Gasteiger partial charge in [-0.25, -0.2) is 17.9 Å². The van der Waals surface area contributed by atoms with Gasteiger partial charge in [-0.05, 0) is 55.0 Å². The molecule has 1 saturated heterocycles. The monoisotopic (exact) mass is 496 g/mol. The number of piperazine rings is 1. The first-order valence-corrected chi connectivity index (χ1v) is 12.8. The molecule has 9 nitrogen and oxygen atoms in total. The smallest absolute Gasteiger partial charge is 0.274 e. The van der Waals surface area contributed by atoms with Gasteiger partial charge in [-0.1, -0.05) is 5.92 Å². The third-order valence-corrected chi connectivity index (χ3v) is 7.77. The number of nitrogens with one attached hydrogen (secondary N) is 1. The summed E-state index contributed by atoms with van der Waals surface area (Å²) >= 11 is 0. The minimum absolute atomic E-state index is 0.0324. The Kier molecular flexibility index (Phi) is 7.73. The van der Waals surface area contributed by atoms with E-state index in [1.807, 2.05) is 6.07 Å². The number of terminal acetylenes is 1. The number of hydrogen-bond donors (Lipinski definition) is 2. The average Bonchev–Trinajstić information content (AvgIpc) is 3.31. The number of amides is 1. The SMILES string of the molecule is C#CCN1CCN(CCCOc2ccc3c(ccn3S(=O)(=O)c3ccc(C(=O)NO)cc3)c2)CC1. The summed E-state index contributed by atoms with van der Waals surface area (Å²) in [4.78, 5) is 16.2. The third kappa shape index (κ3) is 5.66. The van der Waals surface area contributed by atoms with Gasteiger partial charge in [0.15, 0.2) is 0 Å². The van der Waals surface area contributed by atoms with Crippen LogP contribution in [0.15, 0.2) is 59.6 Å². The van der Waals surface area contributed by atoms with E-state index in [0.717, 1.165) is 44.5 Å². The summed E-state index contributed by atoms with van der Waals surface area (Å²) in [6.45, 7) is 6.23. The van der Waals surface area contributed by atoms with Crippen molar-refractivity contribution >= 4 is 26.8 Å². The summed E-state index contributed by atoms with van der Waals surface area (Å²) in [6.07, 6.45) is 7.77. The zero-order valence-corrected chi connectivity index (χ0v) is 20.1. The zero-order chi connectivity index (χ0) is 24.8. The van der Waals surface area contributed by atoms with Crippen molar-refractivity contribution in [3.63, 3.8) is 0 Å². The van der Waals surface area contributed by atoms with Crippen molar-refractivity contribution < 1.29 is 23.2 Å². The molecule has 2 aromatic carbocycles. The number of aromatic nitrogens is 1. The molecule has 0 aliphatic carbocycles. The normalized spacial score (nSPS) is 15.1. The van der Waals surface area contributed by atoms with Gasteiger partial charge in [0.05, 0.1) is 23.6 Å². The Balaban J connectivity index is 1.36. The maximum Gasteiger partial charge on any atom is 0.274 e. The maximum atomic E-state index is 13.1. The number of carbonyl (C=O) groups excluding carboxylic acids is 1. The summed E-state index contributed by atoms with van der Waals surface area (Å²) < 4.78 is 33.4. The number of nitrogens with zero attached hydrogens (tertiary/aromatic N) is 3. The van der Waals surface area contributed by atoms with Crippen LogP contribution in [-0.2, 0) is 10.0 Å². The molecule has 184 valence electrons. The number of carbonyl (C=O) groups is 1. The molecule has 0 saturated carbocycles. The van der Waals surface area contributed by atoms with E-state index in [-0.39, 0.29) is 10.5 Å². The molecule has 0 radical (unpaired) electrons. The van der Waals surface area contributed by atoms with Crippen LogP contribution in [0.4, 0.5) is 0 Å². The van der Waals surface area contributed by atoms with E-state index in [1.54, 1.807) is 18.2 Å². The Hall–Kier alpha value is -3.36. The fourth-order valence-corrected chi connectivity index (χ4v) is 5.48. The Labute approximate surface area is 204 Å². The highest BCUT2D eigenvalue weighted by molar-refractivity contribution is 7.90. The van der Waals surface area contributed by atoms with Crippen molar-refractivity contribution in [1.29, 1.82) is 0 Å². The molecule has 1 amide bonds. The summed E-state index contributed by atoms with van der Waals surface area (Å²) in [5.74, 6) is 2.67. The molecule has 35 heavy (non-hydrogen) atoms. The van der Waals surface area contributed by atoms with Crippen molar-refractivity contribution in [2.24, 2.45) is 0 Å². The van der Waals surface area contributed by atoms with Crippen LogP contribution in [0.1, 0.15) is 16.8 Å². The molecule has 0 spiro atoms. The van der Waals surface area contributed by atoms with Gasteiger partial charge in [-0.3, -0.25) is 14.9 Å². The quantitative estimate of drug-likeness (QED) is 0.202. The molecule has 2 heterocycles. The number of ether oxygens (including phenoxy) is 1. The standard InChI is InChI=1S/C25H28N4O5S/c1-2-11-27-14-16-28(17-15-27)12-3-18-34-22-6-9-24-21(19-22)10-13-29(24)35(32,33)23-7-4-20(5-8-23)25(30)26-31/h1,4-10,13,19,31H,3,11-12,14-18H2,(H,26,30). The van der Waals surface area contributed by atoms with Gasteiger partial charge in [0.25, 0.3) is 15.9 Å². The molecule has 4 rings (SSSR count). The molecule has 1 aliphatic heterocycles. The number of hydrogen-bond acceptors (Lipinski definition) is 7. The average molecular weight is 497 g/mol. The Morgan fingerprint density at radius 3 is 2.46 bits per heavy atom. The second-order valence-corrected chi connectivity index (χ2v) is 10.1. The van der Waals surface area contributed by atoms with E-state index in [0.29, 0.717) is 24.4 Å². The molecular weight excluding hydrogens is 468 g/mol. The van der Waals surface area contributed by atoms with Crippen molar-refractivity contribution in [3.05, 3.63) is 60.3 Å². The summed E-state index contributed by atoms with van der Waals surface area (Å²) in [6, 6.07) is 12.4. The molecule has 10 heteroatoms. The predicted octanol–water partition coefficient (Wildman–Crippen LogP) is 2.02. The topological polar surface area (TPSA) is 104 Å². The van der Waals surface area contributed by atoms with Crippen LogP contribution in [0, 0.1) is 12.3 Å². The highest BCUT2D eigenvalue weighted by Gasteiger charge is 2.20. The molecule has 1 fully saturated rings. The lowest BCUT2D eigenvalue weighted by Crippen LogP contribution is -2.46. The number of rotatable bonds is 9. The molecule has 1 aromatic heterocycles. The van der Waals surface area contributed by atoms with E-state index < -0.39 is 15.9 Å². The van der Waals surface area contributed by atoms with Crippen LogP contribution in [0.2, 0.25) is 0 Å². The Morgan fingerprint density at radius 2 is 1.77 bits per heavy atom. The second kappa shape index (κ2) is 10.9. The van der Waals surface area contributed by atoms with E-state index in [4.69, 9.17) is 16.4 Å². The highest BCUT2D eigenvalue weighted by Crippen LogP contribution is 2.26. The molecule has 3 aromatic rings. The third-order valence-electron chi connectivity index (χ3n) is 6.07. The van der Waals surface area contributed by atoms with Gasteiger partial charge >= 0.3 is 0 Å². The lowest BCUT2D eigenvalue weighted by Gasteiger charge is -2.33. The van der Waals surface area contributed by atoms with Gasteiger partial charge in [-0.15, -0.1) is 6.42 Å². The van der Waals surface area contributed by atoms with Crippen LogP contribution < -0.4 is 10.2 Å². The molecule has 0 bridgehead atoms. The first kappa shape index (κ1) is 24.8. The van der Waals surface area contributed by atoms with Gasteiger partial charge in [0.1, 0.15) is 5.75 Å². The van der Waals surface area contributed by atoms with E-state index >= 15 is 0 Å². The zero-order valence-electron chi connectivity index (χ0n) is 19.3. The lowest BCUT2D eigenvalue weighted by atomic mass is 10.2. The lowest BCUT2D eigenvalue weighted by molar-refractivity contribution is 0.0706. The fourth-order valence-electron chi connectivity index (χ4n) is 4.13. The summed E-state index contributed by atoms with van der Waals surface area (Å²) in [5.41, 5.74) is 2.20. The maximum absolute atomic E-state index is 13.1. The van der Waals surface area contributed by atoms with Gasteiger partial charge < -0.3 is 9.64 Å². The van der Waals surface area contributed by atoms with Gasteiger partial charge in [0.2, 0.25) is 0 Å². The van der Waals surface area contributed by atoms with E-state index in [1.165, 1.54) is 39.9 Å². The van der Waals surface area contributed by atoms with Gasteiger partial charge in [-0.2, -0.15) is 0 Å². The fraction of sp³-hybridized carbons (Fsp3) is 0.320. The molecule has 0 atom stereocenters. The van der Waals surface area contributed by atoms with Crippen molar-refractivity contribution in [3.8, 4) is 18.1 Å². The molecule has 1 aliphatic rings. The first-order chi connectivity index (χ1) is 16.9. The summed E-state index contributed by atoms with van der Waals surface area (Å²) in [5, 5.41) is 9.46. The first-order valence-electron chi connectivity index (χ1n) is 11.3. The van der Waals surface area contributed by atoms with Crippen molar-refractivity contribution in [2.45, 2.75) is 11.3 Å². The van der Waals surface area contributed by atoms with Crippen molar-refractivity contribution in [2.75, 3.05) is 45.9 Å². The summed E-state index contributed by atoms with van der Waals surface area (Å²) in [7, 11) is -3.86. The van der Waals surface area contributed by atoms with Crippen LogP contribution in [0.25, 0.3) is 10.9 Å². The minimum atomic E-state index is -3.86. The predicted molar refractivity (Wildman–Crippen MR) is 132 cm³/mol. The minimum Gasteiger partial charge on any atom is -0.494 e. The Bertz CT molecular complexity index is 1320. The molecular formula is C25H28N4O5S. The van der Waals surface area contributed by atoms with Gasteiger partial charge in [0, 0.05) is 49.9 Å². The largest absolute Gasteiger partial charge is 0.494 e. The number of benzene rings is 2. The Morgan fingerprint density at radius 1 is 1.06 bits per heavy atom. The van der Waals surface area contributed by atoms with Crippen LogP contribution in [-0.4, -0.2) is 79.2 Å². The van der Waals surface area contributed by atoms with Crippen LogP contribution >= 0.6 is 0 Å². The molecule has 2 N–H and O–H groups in total. The number of fused-ring (bicyclic) bond motifs is 1. The van der Waals surface area contributed by atoms with E-state index in [9.17, 15) is 13.2 Å². The van der Waals surface area contributed by atoms with Crippen molar-refractivity contribution in [1.82, 2.24) is 19.3 Å².